The predicted molar refractivity (Wildman–Crippen MR) is 358 cm³/mol. The van der Waals surface area contributed by atoms with Crippen LogP contribution in [0, 0.1) is 0 Å². The minimum atomic E-state index is -0.767. The smallest absolute Gasteiger partial charge is 0.306 e. The lowest BCUT2D eigenvalue weighted by atomic mass is 10.0. The van der Waals surface area contributed by atoms with Gasteiger partial charge in [0.15, 0.2) is 6.10 Å². The molecule has 0 aromatic heterocycles. The van der Waals surface area contributed by atoms with Crippen LogP contribution < -0.4 is 0 Å². The second-order valence-electron chi connectivity index (χ2n) is 25.6. The van der Waals surface area contributed by atoms with E-state index in [2.05, 4.69) is 45.1 Å². The van der Waals surface area contributed by atoms with E-state index in [0.29, 0.717) is 19.3 Å². The molecule has 0 aromatic rings. The van der Waals surface area contributed by atoms with E-state index in [1.807, 2.05) is 0 Å². The quantitative estimate of drug-likeness (QED) is 0.0261. The van der Waals surface area contributed by atoms with Crippen molar-refractivity contribution < 1.29 is 28.6 Å². The fraction of sp³-hybridized carbons (Fsp3) is 0.908. The molecule has 484 valence electrons. The summed E-state index contributed by atoms with van der Waals surface area (Å²) in [5.74, 6) is -0.827. The van der Waals surface area contributed by atoms with E-state index in [-0.39, 0.29) is 31.1 Å². The first-order chi connectivity index (χ1) is 40.5. The van der Waals surface area contributed by atoms with Gasteiger partial charge in [-0.3, -0.25) is 14.4 Å². The first-order valence-corrected chi connectivity index (χ1v) is 37.3. The van der Waals surface area contributed by atoms with E-state index in [1.54, 1.807) is 0 Å². The predicted octanol–water partition coefficient (Wildman–Crippen LogP) is 25.7. The Labute approximate surface area is 513 Å². The Morgan fingerprint density at radius 3 is 0.671 bits per heavy atom. The van der Waals surface area contributed by atoms with Crippen LogP contribution in [0.15, 0.2) is 24.3 Å². The number of ether oxygens (including phenoxy) is 3. The Kier molecular flexibility index (Phi) is 69.5. The first kappa shape index (κ1) is 79.9. The SMILES string of the molecule is CCCCCCC/C=C\C/C=C\CCCCCCCCCCCCCCCCCC(=O)OCC(COC(=O)CCCCCCCCCCCCCCC)OC(=O)CCCCCCCCCCCCCCCCCCCCCCCCCC. The van der Waals surface area contributed by atoms with Crippen molar-refractivity contribution in [2.75, 3.05) is 13.2 Å². The molecule has 0 aliphatic rings. The summed E-state index contributed by atoms with van der Waals surface area (Å²) in [4.78, 5) is 38.5. The van der Waals surface area contributed by atoms with Gasteiger partial charge in [-0.2, -0.15) is 0 Å². The third-order valence-electron chi connectivity index (χ3n) is 17.2. The zero-order valence-electron chi connectivity index (χ0n) is 55.8. The molecular formula is C76H144O6. The summed E-state index contributed by atoms with van der Waals surface area (Å²) in [5.41, 5.74) is 0. The summed E-state index contributed by atoms with van der Waals surface area (Å²) in [6.45, 7) is 6.72. The van der Waals surface area contributed by atoms with E-state index < -0.39 is 6.10 Å². The summed E-state index contributed by atoms with van der Waals surface area (Å²) in [5, 5.41) is 0. The van der Waals surface area contributed by atoms with E-state index in [1.165, 1.54) is 321 Å². The maximum absolute atomic E-state index is 13.0. The normalized spacial score (nSPS) is 12.1. The van der Waals surface area contributed by atoms with Crippen molar-refractivity contribution in [3.05, 3.63) is 24.3 Å². The third-order valence-corrected chi connectivity index (χ3v) is 17.2. The van der Waals surface area contributed by atoms with Crippen molar-refractivity contribution in [3.63, 3.8) is 0 Å². The fourth-order valence-corrected chi connectivity index (χ4v) is 11.6. The average molecular weight is 1150 g/mol. The number of unbranched alkanes of at least 4 members (excludes halogenated alkanes) is 55. The summed E-state index contributed by atoms with van der Waals surface area (Å²) in [6.07, 6.45) is 87.9. The second kappa shape index (κ2) is 71.4. The van der Waals surface area contributed by atoms with Crippen molar-refractivity contribution >= 4 is 17.9 Å². The lowest BCUT2D eigenvalue weighted by Gasteiger charge is -2.18. The molecule has 0 rings (SSSR count). The molecule has 0 fully saturated rings. The van der Waals surface area contributed by atoms with Gasteiger partial charge in [0.2, 0.25) is 0 Å². The zero-order chi connectivity index (χ0) is 59.2. The van der Waals surface area contributed by atoms with Gasteiger partial charge in [0.1, 0.15) is 13.2 Å². The van der Waals surface area contributed by atoms with Crippen LogP contribution in [0.4, 0.5) is 0 Å². The molecule has 0 aromatic carbocycles. The van der Waals surface area contributed by atoms with Gasteiger partial charge >= 0.3 is 17.9 Å². The van der Waals surface area contributed by atoms with Crippen LogP contribution in [0.5, 0.6) is 0 Å². The van der Waals surface area contributed by atoms with Crippen molar-refractivity contribution in [3.8, 4) is 0 Å². The van der Waals surface area contributed by atoms with Crippen molar-refractivity contribution in [1.82, 2.24) is 0 Å². The van der Waals surface area contributed by atoms with E-state index in [9.17, 15) is 14.4 Å². The molecule has 1 unspecified atom stereocenters. The minimum absolute atomic E-state index is 0.0635. The van der Waals surface area contributed by atoms with E-state index in [0.717, 1.165) is 64.2 Å². The fourth-order valence-electron chi connectivity index (χ4n) is 11.6. The monoisotopic (exact) mass is 1150 g/mol. The van der Waals surface area contributed by atoms with Gasteiger partial charge in [-0.05, 0) is 51.4 Å². The molecule has 6 nitrogen and oxygen atoms in total. The maximum Gasteiger partial charge on any atom is 0.306 e. The lowest BCUT2D eigenvalue weighted by Crippen LogP contribution is -2.30. The largest absolute Gasteiger partial charge is 0.462 e. The molecule has 6 heteroatoms. The van der Waals surface area contributed by atoms with Crippen LogP contribution in [0.1, 0.15) is 425 Å². The number of carbonyl (C=O) groups is 3. The minimum Gasteiger partial charge on any atom is -0.462 e. The number of allylic oxidation sites excluding steroid dienone is 4. The molecule has 0 N–H and O–H groups in total. The Hall–Kier alpha value is -2.11. The van der Waals surface area contributed by atoms with Gasteiger partial charge in [-0.15, -0.1) is 0 Å². The number of rotatable bonds is 70. The molecule has 0 amide bonds. The highest BCUT2D eigenvalue weighted by atomic mass is 16.6. The number of hydrogen-bond donors (Lipinski definition) is 0. The van der Waals surface area contributed by atoms with Gasteiger partial charge in [0, 0.05) is 19.3 Å². The summed E-state index contributed by atoms with van der Waals surface area (Å²) >= 11 is 0. The van der Waals surface area contributed by atoms with Crippen LogP contribution in [-0.4, -0.2) is 37.2 Å². The lowest BCUT2D eigenvalue weighted by molar-refractivity contribution is -0.167. The van der Waals surface area contributed by atoms with Gasteiger partial charge in [0.05, 0.1) is 0 Å². The molecule has 0 radical (unpaired) electrons. The molecule has 0 bridgehead atoms. The number of carbonyl (C=O) groups excluding carboxylic acids is 3. The molecule has 0 spiro atoms. The van der Waals surface area contributed by atoms with Crippen LogP contribution in [-0.2, 0) is 28.6 Å². The highest BCUT2D eigenvalue weighted by Crippen LogP contribution is 2.19. The van der Waals surface area contributed by atoms with Crippen LogP contribution in [0.3, 0.4) is 0 Å². The Balaban J connectivity index is 4.19. The molecule has 1 atom stereocenters. The number of hydrogen-bond acceptors (Lipinski definition) is 6. The van der Waals surface area contributed by atoms with Crippen LogP contribution in [0.2, 0.25) is 0 Å². The Morgan fingerprint density at radius 1 is 0.244 bits per heavy atom. The topological polar surface area (TPSA) is 78.9 Å². The van der Waals surface area contributed by atoms with Gasteiger partial charge < -0.3 is 14.2 Å². The molecule has 82 heavy (non-hydrogen) atoms. The van der Waals surface area contributed by atoms with E-state index in [4.69, 9.17) is 14.2 Å². The zero-order valence-corrected chi connectivity index (χ0v) is 55.8. The molecule has 0 aliphatic carbocycles. The highest BCUT2D eigenvalue weighted by Gasteiger charge is 2.20. The molecule has 0 saturated heterocycles. The third kappa shape index (κ3) is 68.7. The van der Waals surface area contributed by atoms with E-state index >= 15 is 0 Å². The number of esters is 3. The van der Waals surface area contributed by atoms with Crippen LogP contribution in [0.25, 0.3) is 0 Å². The molecule has 0 aliphatic heterocycles. The van der Waals surface area contributed by atoms with Crippen molar-refractivity contribution in [2.24, 2.45) is 0 Å². The maximum atomic E-state index is 13.0. The first-order valence-electron chi connectivity index (χ1n) is 37.3. The van der Waals surface area contributed by atoms with Gasteiger partial charge in [-0.1, -0.05) is 379 Å². The summed E-state index contributed by atoms with van der Waals surface area (Å²) in [6, 6.07) is 0. The Bertz CT molecular complexity index is 1320. The summed E-state index contributed by atoms with van der Waals surface area (Å²) in [7, 11) is 0. The molecular weight excluding hydrogens is 1010 g/mol. The van der Waals surface area contributed by atoms with Gasteiger partial charge in [-0.25, -0.2) is 0 Å². The molecule has 0 saturated carbocycles. The Morgan fingerprint density at radius 2 is 0.439 bits per heavy atom. The van der Waals surface area contributed by atoms with Crippen molar-refractivity contribution in [1.29, 1.82) is 0 Å². The highest BCUT2D eigenvalue weighted by molar-refractivity contribution is 5.71. The molecule has 0 heterocycles. The average Bonchev–Trinajstić information content (AvgIpc) is 3.47. The summed E-state index contributed by atoms with van der Waals surface area (Å²) < 4.78 is 17.0. The standard InChI is InChI=1S/C76H144O6/c1-4-7-10-13-16-19-22-25-27-29-31-33-35-37-38-39-41-42-44-46-48-51-54-57-60-63-66-69-75(78)81-72-73(71-80-74(77)68-65-62-59-56-53-50-24-21-18-15-12-9-6-3)82-76(79)70-67-64-61-58-55-52-49-47-45-43-40-36-34-32-30-28-26-23-20-17-14-11-8-5-2/h22,25,29,31,73H,4-21,23-24,26-28,30,32-72H2,1-3H3/b25-22-,31-29-. The second-order valence-corrected chi connectivity index (χ2v) is 25.6. The van der Waals surface area contributed by atoms with Crippen LogP contribution >= 0.6 is 0 Å². The van der Waals surface area contributed by atoms with Crippen molar-refractivity contribution in [2.45, 2.75) is 431 Å². The van der Waals surface area contributed by atoms with Gasteiger partial charge in [0.25, 0.3) is 0 Å².